The van der Waals surface area contributed by atoms with Crippen LogP contribution in [-0.4, -0.2) is 35.2 Å². The molecule has 3 rings (SSSR count). The molecule has 21 heavy (non-hydrogen) atoms. The summed E-state index contributed by atoms with van der Waals surface area (Å²) in [6, 6.07) is 11.9. The van der Waals surface area contributed by atoms with Crippen LogP contribution in [0.25, 0.3) is 11.3 Å². The third kappa shape index (κ3) is 3.13. The number of hydrogen-bond acceptors (Lipinski definition) is 3. The summed E-state index contributed by atoms with van der Waals surface area (Å²) >= 11 is 0. The number of aromatic amines is 1. The highest BCUT2D eigenvalue weighted by Crippen LogP contribution is 2.17. The molecule has 5 heteroatoms. The zero-order chi connectivity index (χ0) is 14.7. The summed E-state index contributed by atoms with van der Waals surface area (Å²) < 4.78 is 0. The third-order valence-corrected chi connectivity index (χ3v) is 3.99. The highest BCUT2D eigenvalue weighted by Gasteiger charge is 2.23. The topological polar surface area (TPSA) is 69.8 Å². The maximum absolute atomic E-state index is 12.3. The first-order valence-corrected chi connectivity index (χ1v) is 7.36. The number of nitrogens with one attached hydrogen (secondary N) is 3. The molecule has 1 amide bonds. The molecule has 110 valence electrons. The number of amides is 1. The number of hydrogen-bond donors (Lipinski definition) is 3. The predicted octanol–water partition coefficient (Wildman–Crippen LogP) is 1.80. The van der Waals surface area contributed by atoms with E-state index in [1.807, 2.05) is 30.3 Å². The van der Waals surface area contributed by atoms with Crippen molar-refractivity contribution in [2.24, 2.45) is 5.92 Å². The molecular formula is C16H20N4O. The first-order chi connectivity index (χ1) is 10.2. The van der Waals surface area contributed by atoms with Crippen LogP contribution in [0.2, 0.25) is 0 Å². The van der Waals surface area contributed by atoms with Crippen molar-refractivity contribution in [1.29, 1.82) is 0 Å². The van der Waals surface area contributed by atoms with Gasteiger partial charge in [-0.1, -0.05) is 37.3 Å². The van der Waals surface area contributed by atoms with Crippen LogP contribution in [-0.2, 0) is 0 Å². The summed E-state index contributed by atoms with van der Waals surface area (Å²) in [5.41, 5.74) is 2.31. The molecule has 1 fully saturated rings. The fourth-order valence-electron chi connectivity index (χ4n) is 2.67. The average Bonchev–Trinajstić information content (AvgIpc) is 3.00. The van der Waals surface area contributed by atoms with E-state index in [9.17, 15) is 4.79 Å². The van der Waals surface area contributed by atoms with Gasteiger partial charge in [0, 0.05) is 11.6 Å². The second-order valence-corrected chi connectivity index (χ2v) is 5.58. The molecule has 1 aliphatic heterocycles. The summed E-state index contributed by atoms with van der Waals surface area (Å²) in [4.78, 5) is 12.3. The van der Waals surface area contributed by atoms with Gasteiger partial charge in [-0.05, 0) is 31.5 Å². The first kappa shape index (κ1) is 13.8. The van der Waals surface area contributed by atoms with E-state index in [1.165, 1.54) is 0 Å². The Kier molecular flexibility index (Phi) is 4.01. The minimum Gasteiger partial charge on any atom is -0.348 e. The summed E-state index contributed by atoms with van der Waals surface area (Å²) in [6.07, 6.45) is 0.965. The van der Waals surface area contributed by atoms with E-state index in [0.29, 0.717) is 11.6 Å². The average molecular weight is 284 g/mol. The molecule has 0 radical (unpaired) electrons. The largest absolute Gasteiger partial charge is 0.348 e. The SMILES string of the molecule is CC1CNCCC1NC(=O)c1cc(-c2ccccc2)n[nH]1. The molecule has 1 aliphatic rings. The third-order valence-electron chi connectivity index (χ3n) is 3.99. The molecule has 1 saturated heterocycles. The number of H-pyrrole nitrogens is 1. The van der Waals surface area contributed by atoms with Crippen LogP contribution >= 0.6 is 0 Å². The molecule has 0 saturated carbocycles. The van der Waals surface area contributed by atoms with E-state index in [4.69, 9.17) is 0 Å². The minimum absolute atomic E-state index is 0.0802. The fourth-order valence-corrected chi connectivity index (χ4v) is 2.67. The molecule has 0 bridgehead atoms. The molecule has 2 atom stereocenters. The second-order valence-electron chi connectivity index (χ2n) is 5.58. The van der Waals surface area contributed by atoms with Crippen molar-refractivity contribution in [3.8, 4) is 11.3 Å². The minimum atomic E-state index is -0.0802. The maximum atomic E-state index is 12.3. The zero-order valence-electron chi connectivity index (χ0n) is 12.1. The van der Waals surface area contributed by atoms with Crippen molar-refractivity contribution in [1.82, 2.24) is 20.8 Å². The standard InChI is InChI=1S/C16H20N4O/c1-11-10-17-8-7-13(11)18-16(21)15-9-14(19-20-15)12-5-3-2-4-6-12/h2-6,9,11,13,17H,7-8,10H2,1H3,(H,18,21)(H,19,20). The molecule has 3 N–H and O–H groups in total. The normalized spacial score (nSPS) is 22.0. The van der Waals surface area contributed by atoms with Gasteiger partial charge in [-0.25, -0.2) is 0 Å². The quantitative estimate of drug-likeness (QED) is 0.805. The van der Waals surface area contributed by atoms with Gasteiger partial charge >= 0.3 is 0 Å². The van der Waals surface area contributed by atoms with Gasteiger partial charge in [-0.2, -0.15) is 5.10 Å². The smallest absolute Gasteiger partial charge is 0.269 e. The van der Waals surface area contributed by atoms with Gasteiger partial charge in [-0.3, -0.25) is 9.89 Å². The molecule has 1 aromatic carbocycles. The number of carbonyl (C=O) groups excluding carboxylic acids is 1. The first-order valence-electron chi connectivity index (χ1n) is 7.36. The highest BCUT2D eigenvalue weighted by atomic mass is 16.2. The van der Waals surface area contributed by atoms with E-state index in [2.05, 4.69) is 27.8 Å². The number of piperidine rings is 1. The molecular weight excluding hydrogens is 264 g/mol. The van der Waals surface area contributed by atoms with Crippen LogP contribution < -0.4 is 10.6 Å². The summed E-state index contributed by atoms with van der Waals surface area (Å²) in [5.74, 6) is 0.364. The summed E-state index contributed by atoms with van der Waals surface area (Å²) in [7, 11) is 0. The zero-order valence-corrected chi connectivity index (χ0v) is 12.1. The molecule has 2 heterocycles. The molecule has 0 spiro atoms. The van der Waals surface area contributed by atoms with E-state index >= 15 is 0 Å². The van der Waals surface area contributed by atoms with Gasteiger partial charge in [-0.15, -0.1) is 0 Å². The van der Waals surface area contributed by atoms with Crippen molar-refractivity contribution in [3.05, 3.63) is 42.1 Å². The maximum Gasteiger partial charge on any atom is 0.269 e. The van der Waals surface area contributed by atoms with Crippen LogP contribution in [0.5, 0.6) is 0 Å². The van der Waals surface area contributed by atoms with Gasteiger partial charge < -0.3 is 10.6 Å². The van der Waals surface area contributed by atoms with Gasteiger partial charge in [0.2, 0.25) is 0 Å². The lowest BCUT2D eigenvalue weighted by atomic mass is 9.95. The van der Waals surface area contributed by atoms with Crippen molar-refractivity contribution >= 4 is 5.91 Å². The number of benzene rings is 1. The monoisotopic (exact) mass is 284 g/mol. The van der Waals surface area contributed by atoms with Crippen LogP contribution in [0.4, 0.5) is 0 Å². The molecule has 5 nitrogen and oxygen atoms in total. The summed E-state index contributed by atoms with van der Waals surface area (Å²) in [5, 5.41) is 13.5. The lowest BCUT2D eigenvalue weighted by Gasteiger charge is -2.29. The number of aromatic nitrogens is 2. The predicted molar refractivity (Wildman–Crippen MR) is 81.9 cm³/mol. The lowest BCUT2D eigenvalue weighted by molar-refractivity contribution is 0.0909. The Morgan fingerprint density at radius 1 is 1.33 bits per heavy atom. The second kappa shape index (κ2) is 6.10. The van der Waals surface area contributed by atoms with Crippen molar-refractivity contribution < 1.29 is 4.79 Å². The number of carbonyl (C=O) groups is 1. The molecule has 0 aliphatic carbocycles. The molecule has 1 aromatic heterocycles. The Balaban J connectivity index is 1.69. The Hall–Kier alpha value is -2.14. The van der Waals surface area contributed by atoms with Gasteiger partial charge in [0.1, 0.15) is 5.69 Å². The van der Waals surface area contributed by atoms with Crippen LogP contribution in [0.3, 0.4) is 0 Å². The van der Waals surface area contributed by atoms with Crippen molar-refractivity contribution in [3.63, 3.8) is 0 Å². The lowest BCUT2D eigenvalue weighted by Crippen LogP contribution is -2.48. The Morgan fingerprint density at radius 3 is 2.90 bits per heavy atom. The van der Waals surface area contributed by atoms with E-state index in [0.717, 1.165) is 30.8 Å². The number of rotatable bonds is 3. The molecule has 2 unspecified atom stereocenters. The van der Waals surface area contributed by atoms with Gasteiger partial charge in [0.05, 0.1) is 5.69 Å². The Morgan fingerprint density at radius 2 is 2.14 bits per heavy atom. The van der Waals surface area contributed by atoms with Crippen molar-refractivity contribution in [2.45, 2.75) is 19.4 Å². The van der Waals surface area contributed by atoms with E-state index < -0.39 is 0 Å². The van der Waals surface area contributed by atoms with Crippen LogP contribution in [0, 0.1) is 5.92 Å². The fraction of sp³-hybridized carbons (Fsp3) is 0.375. The van der Waals surface area contributed by atoms with E-state index in [1.54, 1.807) is 6.07 Å². The summed E-state index contributed by atoms with van der Waals surface area (Å²) in [6.45, 7) is 4.05. The molecule has 2 aromatic rings. The Labute approximate surface area is 124 Å². The van der Waals surface area contributed by atoms with Gasteiger partial charge in [0.25, 0.3) is 5.91 Å². The van der Waals surface area contributed by atoms with Gasteiger partial charge in [0.15, 0.2) is 0 Å². The highest BCUT2D eigenvalue weighted by molar-refractivity contribution is 5.93. The Bertz CT molecular complexity index is 608. The van der Waals surface area contributed by atoms with E-state index in [-0.39, 0.29) is 11.9 Å². The van der Waals surface area contributed by atoms with Crippen LogP contribution in [0.15, 0.2) is 36.4 Å². The number of nitrogens with zero attached hydrogens (tertiary/aromatic N) is 1. The van der Waals surface area contributed by atoms with Crippen molar-refractivity contribution in [2.75, 3.05) is 13.1 Å². The van der Waals surface area contributed by atoms with Crippen LogP contribution in [0.1, 0.15) is 23.8 Å².